The van der Waals surface area contributed by atoms with Crippen molar-refractivity contribution in [1.29, 1.82) is 0 Å². The number of hydrogen-bond donors (Lipinski definition) is 3. The second-order valence-electron chi connectivity index (χ2n) is 4.66. The van der Waals surface area contributed by atoms with E-state index in [0.717, 1.165) is 5.56 Å². The van der Waals surface area contributed by atoms with E-state index in [2.05, 4.69) is 11.2 Å². The minimum absolute atomic E-state index is 0.00756. The van der Waals surface area contributed by atoms with Crippen LogP contribution in [0.1, 0.15) is 18.4 Å². The summed E-state index contributed by atoms with van der Waals surface area (Å²) in [6.45, 7) is 1.23. The van der Waals surface area contributed by atoms with Gasteiger partial charge in [0.25, 0.3) is 0 Å². The molecule has 0 saturated carbocycles. The molecule has 0 aromatic heterocycles. The molecular weight excluding hydrogens is 270 g/mol. The van der Waals surface area contributed by atoms with E-state index in [9.17, 15) is 9.59 Å². The Hall–Kier alpha value is -2.36. The number of nitrogens with one attached hydrogen (secondary N) is 2. The maximum atomic E-state index is 11.7. The van der Waals surface area contributed by atoms with Crippen LogP contribution in [-0.4, -0.2) is 35.5 Å². The molecule has 0 radical (unpaired) electrons. The van der Waals surface area contributed by atoms with Gasteiger partial charge in [-0.15, -0.1) is 6.42 Å². The fraction of sp³-hybridized carbons (Fsp3) is 0.333. The summed E-state index contributed by atoms with van der Waals surface area (Å²) < 4.78 is 0. The number of nitrogens with zero attached hydrogens (tertiary/aromatic N) is 1. The number of anilines is 1. The van der Waals surface area contributed by atoms with Gasteiger partial charge < -0.3 is 5.32 Å². The largest absolute Gasteiger partial charge is 0.326 e. The highest BCUT2D eigenvalue weighted by atomic mass is 16.5. The molecule has 2 amide bonds. The number of benzene rings is 1. The molecule has 21 heavy (non-hydrogen) atoms. The van der Waals surface area contributed by atoms with Crippen LogP contribution in [-0.2, 0) is 16.1 Å². The van der Waals surface area contributed by atoms with Crippen LogP contribution in [0.25, 0.3) is 0 Å². The first-order chi connectivity index (χ1) is 10.0. The van der Waals surface area contributed by atoms with Crippen LogP contribution < -0.4 is 10.8 Å². The molecule has 6 heteroatoms. The zero-order chi connectivity index (χ0) is 15.7. The lowest BCUT2D eigenvalue weighted by Gasteiger charge is -2.14. The molecule has 0 aliphatic heterocycles. The Morgan fingerprint density at radius 1 is 1.33 bits per heavy atom. The Balaban J connectivity index is 2.54. The first kappa shape index (κ1) is 16.7. The first-order valence-electron chi connectivity index (χ1n) is 6.49. The van der Waals surface area contributed by atoms with E-state index in [1.54, 1.807) is 6.07 Å². The van der Waals surface area contributed by atoms with Crippen molar-refractivity contribution in [3.8, 4) is 12.3 Å². The molecule has 1 aromatic carbocycles. The van der Waals surface area contributed by atoms with Gasteiger partial charge >= 0.3 is 0 Å². The van der Waals surface area contributed by atoms with Crippen molar-refractivity contribution in [3.05, 3.63) is 29.8 Å². The van der Waals surface area contributed by atoms with Crippen molar-refractivity contribution in [2.45, 2.75) is 19.4 Å². The molecule has 0 aliphatic carbocycles. The van der Waals surface area contributed by atoms with Gasteiger partial charge in [0.15, 0.2) is 0 Å². The maximum absolute atomic E-state index is 11.7. The van der Waals surface area contributed by atoms with Crippen LogP contribution in [0.5, 0.6) is 0 Å². The number of amides is 2. The first-order valence-corrected chi connectivity index (χ1v) is 6.49. The van der Waals surface area contributed by atoms with Crippen LogP contribution in [0.2, 0.25) is 0 Å². The number of hydroxylamine groups is 1. The number of rotatable bonds is 7. The van der Waals surface area contributed by atoms with Crippen LogP contribution in [0, 0.1) is 12.3 Å². The Bertz CT molecular complexity index is 537. The molecule has 0 fully saturated rings. The molecule has 0 spiro atoms. The normalized spacial score (nSPS) is 10.0. The van der Waals surface area contributed by atoms with E-state index in [-0.39, 0.29) is 18.7 Å². The Morgan fingerprint density at radius 2 is 2.05 bits per heavy atom. The average Bonchev–Trinajstić information content (AvgIpc) is 2.45. The molecule has 0 unspecified atom stereocenters. The highest BCUT2D eigenvalue weighted by Crippen LogP contribution is 2.12. The topological polar surface area (TPSA) is 81.7 Å². The van der Waals surface area contributed by atoms with Crippen molar-refractivity contribution in [1.82, 2.24) is 10.4 Å². The molecule has 3 N–H and O–H groups in total. The third-order valence-corrected chi connectivity index (χ3v) is 2.73. The number of carbonyl (C=O) groups is 2. The zero-order valence-corrected chi connectivity index (χ0v) is 11.9. The van der Waals surface area contributed by atoms with E-state index in [1.807, 2.05) is 30.1 Å². The summed E-state index contributed by atoms with van der Waals surface area (Å²) >= 11 is 0. The second-order valence-corrected chi connectivity index (χ2v) is 4.66. The highest BCUT2D eigenvalue weighted by molar-refractivity contribution is 5.93. The Labute approximate surface area is 124 Å². The number of hydrogen-bond acceptors (Lipinski definition) is 4. The van der Waals surface area contributed by atoms with Gasteiger partial charge in [-0.2, -0.15) is 0 Å². The minimum atomic E-state index is -0.588. The molecule has 0 heterocycles. The summed E-state index contributed by atoms with van der Waals surface area (Å²) in [6, 6.07) is 7.42. The lowest BCUT2D eigenvalue weighted by atomic mass is 10.2. The van der Waals surface area contributed by atoms with Gasteiger partial charge in [-0.05, 0) is 24.7 Å². The van der Waals surface area contributed by atoms with Crippen molar-refractivity contribution < 1.29 is 14.8 Å². The summed E-state index contributed by atoms with van der Waals surface area (Å²) in [7, 11) is 1.92. The smallest absolute Gasteiger partial charge is 0.243 e. The van der Waals surface area contributed by atoms with Crippen LogP contribution in [0.15, 0.2) is 24.3 Å². The van der Waals surface area contributed by atoms with Gasteiger partial charge in [0.2, 0.25) is 11.8 Å². The van der Waals surface area contributed by atoms with Crippen molar-refractivity contribution in [3.63, 3.8) is 0 Å². The summed E-state index contributed by atoms with van der Waals surface area (Å²) in [4.78, 5) is 24.5. The lowest BCUT2D eigenvalue weighted by molar-refractivity contribution is -0.131. The van der Waals surface area contributed by atoms with E-state index in [1.165, 1.54) is 5.48 Å². The number of carbonyl (C=O) groups excluding carboxylic acids is 2. The van der Waals surface area contributed by atoms with E-state index >= 15 is 0 Å². The van der Waals surface area contributed by atoms with Gasteiger partial charge in [0, 0.05) is 25.1 Å². The molecule has 1 aromatic rings. The van der Waals surface area contributed by atoms with Crippen molar-refractivity contribution >= 4 is 17.5 Å². The molecule has 0 bridgehead atoms. The predicted molar refractivity (Wildman–Crippen MR) is 79.4 cm³/mol. The third-order valence-electron chi connectivity index (χ3n) is 2.73. The Kier molecular flexibility index (Phi) is 6.95. The predicted octanol–water partition coefficient (Wildman–Crippen LogP) is 0.976. The summed E-state index contributed by atoms with van der Waals surface area (Å²) in [5, 5.41) is 11.1. The van der Waals surface area contributed by atoms with Gasteiger partial charge in [0.1, 0.15) is 0 Å². The Morgan fingerprint density at radius 3 is 2.71 bits per heavy atom. The molecule has 0 saturated heterocycles. The SMILES string of the molecule is C#CCN(C)Cc1cccc(NC(=O)CCC(=O)NO)c1. The third kappa shape index (κ3) is 6.56. The van der Waals surface area contributed by atoms with Crippen molar-refractivity contribution in [2.24, 2.45) is 0 Å². The fourth-order valence-electron chi connectivity index (χ4n) is 1.78. The molecule has 112 valence electrons. The molecule has 1 rings (SSSR count). The van der Waals surface area contributed by atoms with Crippen LogP contribution in [0.3, 0.4) is 0 Å². The van der Waals surface area contributed by atoms with Crippen molar-refractivity contribution in [2.75, 3.05) is 18.9 Å². The van der Waals surface area contributed by atoms with Gasteiger partial charge in [-0.3, -0.25) is 19.7 Å². The number of terminal acetylenes is 1. The highest BCUT2D eigenvalue weighted by Gasteiger charge is 2.07. The summed E-state index contributed by atoms with van der Waals surface area (Å²) in [5.74, 6) is 1.69. The average molecular weight is 289 g/mol. The molecule has 0 atom stereocenters. The second kappa shape index (κ2) is 8.74. The standard InChI is InChI=1S/C15H19N3O3/c1-3-9-18(2)11-12-5-4-6-13(10-12)16-14(19)7-8-15(20)17-21/h1,4-6,10,21H,7-9,11H2,2H3,(H,16,19)(H,17,20). The van der Waals surface area contributed by atoms with Gasteiger partial charge in [0.05, 0.1) is 6.54 Å². The quantitative estimate of drug-likeness (QED) is 0.397. The lowest BCUT2D eigenvalue weighted by Crippen LogP contribution is -2.21. The summed E-state index contributed by atoms with van der Waals surface area (Å²) in [5.41, 5.74) is 3.18. The fourth-order valence-corrected chi connectivity index (χ4v) is 1.78. The van der Waals surface area contributed by atoms with Crippen LogP contribution in [0.4, 0.5) is 5.69 Å². The van der Waals surface area contributed by atoms with Crippen LogP contribution >= 0.6 is 0 Å². The van der Waals surface area contributed by atoms with Gasteiger partial charge in [-0.25, -0.2) is 5.48 Å². The monoisotopic (exact) mass is 289 g/mol. The van der Waals surface area contributed by atoms with E-state index in [0.29, 0.717) is 18.8 Å². The molecular formula is C15H19N3O3. The minimum Gasteiger partial charge on any atom is -0.326 e. The zero-order valence-electron chi connectivity index (χ0n) is 11.9. The molecule has 6 nitrogen and oxygen atoms in total. The van der Waals surface area contributed by atoms with Gasteiger partial charge in [-0.1, -0.05) is 18.1 Å². The maximum Gasteiger partial charge on any atom is 0.243 e. The van der Waals surface area contributed by atoms with E-state index in [4.69, 9.17) is 11.6 Å². The molecule has 0 aliphatic rings. The van der Waals surface area contributed by atoms with E-state index < -0.39 is 5.91 Å². The summed E-state index contributed by atoms with van der Waals surface area (Å²) in [6.07, 6.45) is 5.19.